The lowest BCUT2D eigenvalue weighted by Crippen LogP contribution is -2.30. The number of ketones is 1. The van der Waals surface area contributed by atoms with Crippen LogP contribution in [-0.2, 0) is 29.6 Å². The number of carbonyl (C=O) groups is 3. The number of Topliss-reactive ketones (excluding diaryl/α,β-unsaturated/α-hetero) is 1. The molecule has 0 aromatic heterocycles. The van der Waals surface area contributed by atoms with E-state index in [0.717, 1.165) is 43.6 Å². The standard InChI is InChI=1S/C13H15ClO.C7H10O.C4H6O4/c14-10-4-5-12-11(8-10)13(9-15-12)6-2-1-3-7-13;8-7-4-5-1-2-6(7)3-5;1-3(5)7-8-4(2)6/h4-5,8H,1-3,6-7,9H2;5-6H,1-4H2;1-2H3/t;5-,6+;/m.1./s1. The summed E-state index contributed by atoms with van der Waals surface area (Å²) in [7, 11) is 0. The zero-order chi connectivity index (χ0) is 22.4. The lowest BCUT2D eigenvalue weighted by Gasteiger charge is -2.32. The highest BCUT2D eigenvalue weighted by molar-refractivity contribution is 6.30. The number of hydrogen-bond donors (Lipinski definition) is 0. The molecular formula is C24H31ClO6. The number of rotatable bonds is 0. The van der Waals surface area contributed by atoms with Crippen LogP contribution in [0.4, 0.5) is 0 Å². The van der Waals surface area contributed by atoms with Crippen molar-refractivity contribution in [2.75, 3.05) is 6.61 Å². The molecule has 7 heteroatoms. The monoisotopic (exact) mass is 450 g/mol. The molecule has 0 N–H and O–H groups in total. The smallest absolute Gasteiger partial charge is 0.352 e. The summed E-state index contributed by atoms with van der Waals surface area (Å²) in [5.41, 5.74) is 1.65. The Hall–Kier alpha value is -2.08. The molecule has 0 amide bonds. The first-order chi connectivity index (χ1) is 14.8. The van der Waals surface area contributed by atoms with Crippen LogP contribution >= 0.6 is 11.6 Å². The number of fused-ring (bicyclic) bond motifs is 4. The van der Waals surface area contributed by atoms with Gasteiger partial charge in [-0.25, -0.2) is 19.4 Å². The SMILES string of the molecule is CC(=O)OOC(C)=O.Clc1ccc2c(c1)C1(CCCCC1)CO2.O=C1C[C@@H]2CC[C@H]1C2. The van der Waals surface area contributed by atoms with Crippen molar-refractivity contribution in [2.45, 2.75) is 77.0 Å². The maximum atomic E-state index is 10.8. The van der Waals surface area contributed by atoms with Gasteiger partial charge in [0.2, 0.25) is 0 Å². The summed E-state index contributed by atoms with van der Waals surface area (Å²) >= 11 is 6.07. The Morgan fingerprint density at radius 2 is 1.74 bits per heavy atom. The highest BCUT2D eigenvalue weighted by Gasteiger charge is 2.41. The molecule has 2 atom stereocenters. The van der Waals surface area contributed by atoms with Gasteiger partial charge in [-0.3, -0.25) is 4.79 Å². The van der Waals surface area contributed by atoms with E-state index >= 15 is 0 Å². The second-order valence-electron chi connectivity index (χ2n) is 8.97. The molecule has 4 aliphatic rings. The maximum absolute atomic E-state index is 10.8. The van der Waals surface area contributed by atoms with Crippen molar-refractivity contribution in [1.82, 2.24) is 0 Å². The van der Waals surface area contributed by atoms with Crippen LogP contribution in [0, 0.1) is 11.8 Å². The van der Waals surface area contributed by atoms with Crippen molar-refractivity contribution in [3.63, 3.8) is 0 Å². The van der Waals surface area contributed by atoms with Gasteiger partial charge >= 0.3 is 11.9 Å². The summed E-state index contributed by atoms with van der Waals surface area (Å²) < 4.78 is 5.79. The van der Waals surface area contributed by atoms with Gasteiger partial charge in [0, 0.05) is 42.2 Å². The van der Waals surface area contributed by atoms with E-state index in [9.17, 15) is 14.4 Å². The van der Waals surface area contributed by atoms with Crippen LogP contribution in [0.25, 0.3) is 0 Å². The van der Waals surface area contributed by atoms with Crippen LogP contribution in [0.1, 0.15) is 77.2 Å². The second-order valence-corrected chi connectivity index (χ2v) is 9.40. The topological polar surface area (TPSA) is 78.9 Å². The Morgan fingerprint density at radius 1 is 1.06 bits per heavy atom. The Kier molecular flexibility index (Phi) is 7.98. The molecule has 0 unspecified atom stereocenters. The minimum absolute atomic E-state index is 0.290. The highest BCUT2D eigenvalue weighted by Crippen LogP contribution is 2.48. The van der Waals surface area contributed by atoms with Crippen LogP contribution in [0.5, 0.6) is 5.75 Å². The number of hydrogen-bond acceptors (Lipinski definition) is 6. The third-order valence-corrected chi connectivity index (χ3v) is 6.83. The zero-order valence-electron chi connectivity index (χ0n) is 18.3. The predicted octanol–water partition coefficient (Wildman–Crippen LogP) is 5.34. The molecule has 1 aromatic carbocycles. The summed E-state index contributed by atoms with van der Waals surface area (Å²) in [6.45, 7) is 3.15. The fourth-order valence-electron chi connectivity index (χ4n) is 5.10. The first kappa shape index (κ1) is 23.6. The summed E-state index contributed by atoms with van der Waals surface area (Å²) in [5.74, 6) is 1.62. The van der Waals surface area contributed by atoms with Gasteiger partial charge in [-0.05, 0) is 56.2 Å². The average Bonchev–Trinajstić information content (AvgIpc) is 3.44. The third-order valence-electron chi connectivity index (χ3n) is 6.59. The Labute approximate surface area is 188 Å². The fraction of sp³-hybridized carbons (Fsp3) is 0.625. The Morgan fingerprint density at radius 3 is 2.23 bits per heavy atom. The molecule has 1 spiro atoms. The van der Waals surface area contributed by atoms with E-state index < -0.39 is 11.9 Å². The van der Waals surface area contributed by atoms with Crippen molar-refractivity contribution in [2.24, 2.45) is 11.8 Å². The number of benzene rings is 1. The predicted molar refractivity (Wildman–Crippen MR) is 116 cm³/mol. The Bertz CT molecular complexity index is 795. The summed E-state index contributed by atoms with van der Waals surface area (Å²) in [6, 6.07) is 6.04. The first-order valence-electron chi connectivity index (χ1n) is 11.1. The molecule has 3 aliphatic carbocycles. The van der Waals surface area contributed by atoms with E-state index in [4.69, 9.17) is 16.3 Å². The van der Waals surface area contributed by atoms with Crippen molar-refractivity contribution < 1.29 is 28.9 Å². The fourth-order valence-corrected chi connectivity index (χ4v) is 5.27. The molecule has 3 saturated carbocycles. The van der Waals surface area contributed by atoms with Crippen molar-refractivity contribution in [3.05, 3.63) is 28.8 Å². The summed E-state index contributed by atoms with van der Waals surface area (Å²) in [6.07, 6.45) is 11.2. The zero-order valence-corrected chi connectivity index (χ0v) is 19.0. The van der Waals surface area contributed by atoms with Gasteiger partial charge < -0.3 is 4.74 Å². The summed E-state index contributed by atoms with van der Waals surface area (Å²) in [4.78, 5) is 38.2. The van der Waals surface area contributed by atoms with Gasteiger partial charge in [0.15, 0.2) is 0 Å². The largest absolute Gasteiger partial charge is 0.492 e. The van der Waals surface area contributed by atoms with Gasteiger partial charge in [-0.1, -0.05) is 30.9 Å². The molecule has 0 radical (unpaired) electrons. The normalized spacial score (nSPS) is 24.2. The molecule has 0 saturated heterocycles. The second kappa shape index (κ2) is 10.5. The number of carbonyl (C=O) groups excluding carboxylic acids is 3. The van der Waals surface area contributed by atoms with Gasteiger partial charge in [-0.2, -0.15) is 0 Å². The molecule has 6 nitrogen and oxygen atoms in total. The number of ether oxygens (including phenoxy) is 1. The molecular weight excluding hydrogens is 420 g/mol. The van der Waals surface area contributed by atoms with Crippen LogP contribution < -0.4 is 4.74 Å². The molecule has 1 aromatic rings. The first-order valence-corrected chi connectivity index (χ1v) is 11.5. The molecule has 3 fully saturated rings. The molecule has 1 aliphatic heterocycles. The van der Waals surface area contributed by atoms with Crippen LogP contribution in [0.15, 0.2) is 18.2 Å². The lowest BCUT2D eigenvalue weighted by atomic mass is 9.71. The third kappa shape index (κ3) is 6.22. The van der Waals surface area contributed by atoms with E-state index in [-0.39, 0.29) is 0 Å². The minimum Gasteiger partial charge on any atom is -0.492 e. The van der Waals surface area contributed by atoms with Crippen molar-refractivity contribution in [1.29, 1.82) is 0 Å². The van der Waals surface area contributed by atoms with Gasteiger partial charge in [0.1, 0.15) is 11.5 Å². The average molecular weight is 451 g/mol. The maximum Gasteiger partial charge on any atom is 0.352 e. The van der Waals surface area contributed by atoms with E-state index in [0.29, 0.717) is 17.1 Å². The van der Waals surface area contributed by atoms with E-state index in [1.807, 2.05) is 12.1 Å². The highest BCUT2D eigenvalue weighted by atomic mass is 35.5. The molecule has 31 heavy (non-hydrogen) atoms. The molecule has 1 heterocycles. The van der Waals surface area contributed by atoms with Gasteiger partial charge in [0.25, 0.3) is 0 Å². The molecule has 2 bridgehead atoms. The van der Waals surface area contributed by atoms with Crippen LogP contribution in [-0.4, -0.2) is 24.3 Å². The van der Waals surface area contributed by atoms with Crippen molar-refractivity contribution >= 4 is 29.3 Å². The van der Waals surface area contributed by atoms with Crippen molar-refractivity contribution in [3.8, 4) is 5.75 Å². The summed E-state index contributed by atoms with van der Waals surface area (Å²) in [5, 5.41) is 0.837. The molecule has 170 valence electrons. The van der Waals surface area contributed by atoms with E-state index in [1.54, 1.807) is 0 Å². The van der Waals surface area contributed by atoms with Gasteiger partial charge in [0.05, 0.1) is 6.61 Å². The van der Waals surface area contributed by atoms with Crippen LogP contribution in [0.2, 0.25) is 5.02 Å². The molecule has 5 rings (SSSR count). The minimum atomic E-state index is -0.639. The number of halogens is 1. The van der Waals surface area contributed by atoms with Crippen LogP contribution in [0.3, 0.4) is 0 Å². The quantitative estimate of drug-likeness (QED) is 0.392. The lowest BCUT2D eigenvalue weighted by molar-refractivity contribution is -0.255. The Balaban J connectivity index is 0.000000145. The van der Waals surface area contributed by atoms with E-state index in [2.05, 4.69) is 15.8 Å². The van der Waals surface area contributed by atoms with E-state index in [1.165, 1.54) is 56.9 Å². The van der Waals surface area contributed by atoms with Gasteiger partial charge in [-0.15, -0.1) is 0 Å².